The van der Waals surface area contributed by atoms with E-state index in [1.165, 1.54) is 4.90 Å². The molecule has 0 aromatic heterocycles. The van der Waals surface area contributed by atoms with Crippen molar-refractivity contribution in [2.75, 3.05) is 31.1 Å². The van der Waals surface area contributed by atoms with Crippen LogP contribution in [-0.4, -0.2) is 60.4 Å². The Hall–Kier alpha value is -3.10. The van der Waals surface area contributed by atoms with Gasteiger partial charge in [-0.25, -0.2) is 4.79 Å². The average molecular weight is 428 g/mol. The number of carbonyl (C=O) groups excluding carboxylic acids is 4. The predicted molar refractivity (Wildman–Crippen MR) is 113 cm³/mol. The number of anilines is 1. The van der Waals surface area contributed by atoms with Crippen LogP contribution >= 0.6 is 0 Å². The Morgan fingerprint density at radius 3 is 2.71 bits per heavy atom. The molecule has 9 nitrogen and oxygen atoms in total. The van der Waals surface area contributed by atoms with Gasteiger partial charge in [0.05, 0.1) is 12.2 Å². The van der Waals surface area contributed by atoms with Gasteiger partial charge in [-0.15, -0.1) is 0 Å². The van der Waals surface area contributed by atoms with Crippen molar-refractivity contribution in [3.63, 3.8) is 0 Å². The van der Waals surface area contributed by atoms with E-state index in [-0.39, 0.29) is 43.1 Å². The highest BCUT2D eigenvalue weighted by Gasteiger charge is 2.51. The molecule has 3 aliphatic rings. The first-order valence-corrected chi connectivity index (χ1v) is 10.9. The van der Waals surface area contributed by atoms with Gasteiger partial charge in [-0.1, -0.05) is 25.0 Å². The lowest BCUT2D eigenvalue weighted by Crippen LogP contribution is -2.44. The third-order valence-corrected chi connectivity index (χ3v) is 6.18. The number of carbonyl (C=O) groups is 4. The molecular weight excluding hydrogens is 400 g/mol. The second-order valence-corrected chi connectivity index (χ2v) is 8.24. The number of imide groups is 1. The summed E-state index contributed by atoms with van der Waals surface area (Å²) in [6, 6.07) is 7.02. The lowest BCUT2D eigenvalue weighted by molar-refractivity contribution is -0.131. The van der Waals surface area contributed by atoms with E-state index in [0.29, 0.717) is 44.7 Å². The monoisotopic (exact) mass is 428 g/mol. The highest BCUT2D eigenvalue weighted by Crippen LogP contribution is 2.35. The molecule has 1 aromatic carbocycles. The molecule has 4 rings (SSSR count). The van der Waals surface area contributed by atoms with Gasteiger partial charge in [-0.3, -0.25) is 19.3 Å². The number of ether oxygens (including phenoxy) is 1. The van der Waals surface area contributed by atoms with E-state index < -0.39 is 5.54 Å². The fraction of sp³-hybridized carbons (Fsp3) is 0.545. The molecule has 1 aliphatic carbocycles. The van der Waals surface area contributed by atoms with E-state index in [1.54, 1.807) is 4.90 Å². The second-order valence-electron chi connectivity index (χ2n) is 8.24. The number of fused-ring (bicyclic) bond motifs is 1. The van der Waals surface area contributed by atoms with Crippen molar-refractivity contribution < 1.29 is 23.9 Å². The molecule has 1 spiro atoms. The van der Waals surface area contributed by atoms with E-state index in [2.05, 4.69) is 10.6 Å². The van der Waals surface area contributed by atoms with E-state index in [4.69, 9.17) is 4.74 Å². The predicted octanol–water partition coefficient (Wildman–Crippen LogP) is 1.56. The first kappa shape index (κ1) is 21.1. The van der Waals surface area contributed by atoms with Crippen LogP contribution in [0.3, 0.4) is 0 Å². The number of nitrogens with one attached hydrogen (secondary N) is 2. The maximum absolute atomic E-state index is 12.6. The maximum atomic E-state index is 12.6. The number of urea groups is 1. The van der Waals surface area contributed by atoms with Crippen molar-refractivity contribution in [3.8, 4) is 5.75 Å². The normalized spacial score (nSPS) is 19.2. The smallest absolute Gasteiger partial charge is 0.325 e. The molecule has 1 aromatic rings. The van der Waals surface area contributed by atoms with Crippen molar-refractivity contribution >= 4 is 29.4 Å². The van der Waals surface area contributed by atoms with Crippen LogP contribution in [0.15, 0.2) is 24.3 Å². The molecule has 1 saturated carbocycles. The largest absolute Gasteiger partial charge is 0.490 e. The Balaban J connectivity index is 1.17. The van der Waals surface area contributed by atoms with Crippen LogP contribution in [-0.2, 0) is 14.4 Å². The van der Waals surface area contributed by atoms with Crippen LogP contribution in [0.4, 0.5) is 10.5 Å². The van der Waals surface area contributed by atoms with Gasteiger partial charge < -0.3 is 20.3 Å². The summed E-state index contributed by atoms with van der Waals surface area (Å²) in [7, 11) is 0. The summed E-state index contributed by atoms with van der Waals surface area (Å²) in [5, 5.41) is 5.62. The number of hydrogen-bond donors (Lipinski definition) is 2. The zero-order chi connectivity index (χ0) is 21.8. The Labute approximate surface area is 181 Å². The summed E-state index contributed by atoms with van der Waals surface area (Å²) in [6.45, 7) is 1.51. The molecule has 2 aliphatic heterocycles. The summed E-state index contributed by atoms with van der Waals surface area (Å²) in [5.41, 5.74) is 0.0338. The molecule has 2 fully saturated rings. The Morgan fingerprint density at radius 1 is 1.13 bits per heavy atom. The molecule has 166 valence electrons. The van der Waals surface area contributed by atoms with E-state index in [1.807, 2.05) is 24.3 Å². The van der Waals surface area contributed by atoms with Gasteiger partial charge in [0.15, 0.2) is 0 Å². The quantitative estimate of drug-likeness (QED) is 0.506. The number of benzene rings is 1. The van der Waals surface area contributed by atoms with Gasteiger partial charge in [0.1, 0.15) is 17.9 Å². The van der Waals surface area contributed by atoms with E-state index in [9.17, 15) is 19.2 Å². The first-order valence-electron chi connectivity index (χ1n) is 10.9. The van der Waals surface area contributed by atoms with Gasteiger partial charge >= 0.3 is 6.03 Å². The molecule has 2 N–H and O–H groups in total. The van der Waals surface area contributed by atoms with Crippen LogP contribution in [0.1, 0.15) is 44.9 Å². The average Bonchev–Trinajstić information content (AvgIpc) is 3.34. The van der Waals surface area contributed by atoms with Crippen LogP contribution in [0.2, 0.25) is 0 Å². The zero-order valence-corrected chi connectivity index (χ0v) is 17.5. The molecule has 1 saturated heterocycles. The Bertz CT molecular complexity index is 880. The van der Waals surface area contributed by atoms with Crippen molar-refractivity contribution in [1.82, 2.24) is 15.5 Å². The summed E-state index contributed by atoms with van der Waals surface area (Å²) in [6.07, 6.45) is 3.97. The zero-order valence-electron chi connectivity index (χ0n) is 17.5. The molecule has 31 heavy (non-hydrogen) atoms. The summed E-state index contributed by atoms with van der Waals surface area (Å²) >= 11 is 0. The summed E-state index contributed by atoms with van der Waals surface area (Å²) < 4.78 is 5.55. The van der Waals surface area contributed by atoms with Crippen LogP contribution in [0, 0.1) is 0 Å². The Kier molecular flexibility index (Phi) is 6.11. The van der Waals surface area contributed by atoms with Crippen LogP contribution < -0.4 is 20.3 Å². The minimum absolute atomic E-state index is 0.0879. The van der Waals surface area contributed by atoms with Crippen molar-refractivity contribution in [1.29, 1.82) is 0 Å². The molecule has 5 amide bonds. The molecule has 0 unspecified atom stereocenters. The number of rotatable bonds is 7. The van der Waals surface area contributed by atoms with E-state index >= 15 is 0 Å². The molecule has 9 heteroatoms. The Morgan fingerprint density at radius 2 is 1.90 bits per heavy atom. The fourth-order valence-corrected chi connectivity index (χ4v) is 4.53. The van der Waals surface area contributed by atoms with Crippen LogP contribution in [0.25, 0.3) is 0 Å². The van der Waals surface area contributed by atoms with Gasteiger partial charge in [0, 0.05) is 25.9 Å². The van der Waals surface area contributed by atoms with E-state index in [0.717, 1.165) is 18.5 Å². The number of nitrogens with zero attached hydrogens (tertiary/aromatic N) is 2. The first-order chi connectivity index (χ1) is 15.0. The minimum atomic E-state index is -0.696. The van der Waals surface area contributed by atoms with Crippen molar-refractivity contribution in [3.05, 3.63) is 24.3 Å². The minimum Gasteiger partial charge on any atom is -0.490 e. The van der Waals surface area contributed by atoms with Gasteiger partial charge in [-0.05, 0) is 31.4 Å². The van der Waals surface area contributed by atoms with Gasteiger partial charge in [0.25, 0.3) is 5.91 Å². The molecule has 0 bridgehead atoms. The number of amides is 5. The second kappa shape index (κ2) is 8.95. The lowest BCUT2D eigenvalue weighted by Gasteiger charge is -2.29. The number of hydrogen-bond acceptors (Lipinski definition) is 5. The topological polar surface area (TPSA) is 108 Å². The van der Waals surface area contributed by atoms with Gasteiger partial charge in [0.2, 0.25) is 11.8 Å². The SMILES string of the molecule is O=C(CCC(=O)N1CCOc2ccccc21)NCCCN1C(=O)NC2(CCCC2)C1=O. The highest BCUT2D eigenvalue weighted by atomic mass is 16.5. The molecule has 0 atom stereocenters. The highest BCUT2D eigenvalue weighted by molar-refractivity contribution is 6.07. The van der Waals surface area contributed by atoms with Crippen LogP contribution in [0.5, 0.6) is 5.75 Å². The molecular formula is C22H28N4O5. The fourth-order valence-electron chi connectivity index (χ4n) is 4.53. The molecule has 0 radical (unpaired) electrons. The van der Waals surface area contributed by atoms with Crippen molar-refractivity contribution in [2.24, 2.45) is 0 Å². The third-order valence-electron chi connectivity index (χ3n) is 6.18. The summed E-state index contributed by atoms with van der Waals surface area (Å²) in [4.78, 5) is 52.4. The van der Waals surface area contributed by atoms with Crippen molar-refractivity contribution in [2.45, 2.75) is 50.5 Å². The standard InChI is InChI=1S/C22H28N4O5/c27-18(8-9-19(28)25-14-15-31-17-7-2-1-6-16(17)25)23-12-5-13-26-20(29)22(24-21(26)30)10-3-4-11-22/h1-2,6-7H,3-5,8-15H2,(H,23,27)(H,24,30). The summed E-state index contributed by atoms with van der Waals surface area (Å²) in [5.74, 6) is 0.190. The third kappa shape index (κ3) is 4.35. The number of para-hydroxylation sites is 2. The lowest BCUT2D eigenvalue weighted by atomic mass is 9.98. The molecule has 2 heterocycles. The maximum Gasteiger partial charge on any atom is 0.325 e. The van der Waals surface area contributed by atoms with Gasteiger partial charge in [-0.2, -0.15) is 0 Å².